The van der Waals surface area contributed by atoms with Crippen LogP contribution in [0.2, 0.25) is 0 Å². The monoisotopic (exact) mass is 239 g/mol. The van der Waals surface area contributed by atoms with Gasteiger partial charge in [-0.2, -0.15) is 0 Å². The summed E-state index contributed by atoms with van der Waals surface area (Å²) in [6.45, 7) is 7.04. The third-order valence-corrected chi connectivity index (χ3v) is 4.50. The summed E-state index contributed by atoms with van der Waals surface area (Å²) in [6.07, 6.45) is 14.1. The van der Waals surface area contributed by atoms with Crippen molar-refractivity contribution in [3.63, 3.8) is 0 Å². The Balaban J connectivity index is 2.31. The fourth-order valence-electron chi connectivity index (χ4n) is 3.17. The molecule has 1 fully saturated rings. The maximum absolute atomic E-state index is 3.90. The lowest BCUT2D eigenvalue weighted by atomic mass is 9.92. The van der Waals surface area contributed by atoms with Gasteiger partial charge in [-0.15, -0.1) is 0 Å². The molecule has 0 bridgehead atoms. The van der Waals surface area contributed by atoms with E-state index in [9.17, 15) is 0 Å². The van der Waals surface area contributed by atoms with Crippen LogP contribution in [0.4, 0.5) is 0 Å². The van der Waals surface area contributed by atoms with Crippen LogP contribution < -0.4 is 5.32 Å². The average molecular weight is 239 g/mol. The topological polar surface area (TPSA) is 12.0 Å². The maximum atomic E-state index is 3.90. The second-order valence-electron chi connectivity index (χ2n) is 5.95. The standard InChI is InChI=1S/C16H33N/c1-4-6-13-16(5-2)17-14(3)15-11-9-7-8-10-12-15/h14-17H,4-13H2,1-3H3/t14-,16?/m1/s1. The van der Waals surface area contributed by atoms with E-state index in [0.717, 1.165) is 18.0 Å². The van der Waals surface area contributed by atoms with Gasteiger partial charge in [-0.25, -0.2) is 0 Å². The zero-order valence-corrected chi connectivity index (χ0v) is 12.3. The first-order valence-electron chi connectivity index (χ1n) is 8.04. The molecule has 1 unspecified atom stereocenters. The van der Waals surface area contributed by atoms with Gasteiger partial charge in [0, 0.05) is 12.1 Å². The van der Waals surface area contributed by atoms with Crippen LogP contribution in [0.15, 0.2) is 0 Å². The summed E-state index contributed by atoms with van der Waals surface area (Å²) in [5.74, 6) is 0.938. The van der Waals surface area contributed by atoms with Crippen molar-refractivity contribution in [2.45, 2.75) is 97.1 Å². The molecule has 1 N–H and O–H groups in total. The molecule has 0 spiro atoms. The van der Waals surface area contributed by atoms with Crippen LogP contribution >= 0.6 is 0 Å². The molecule has 1 aliphatic rings. The van der Waals surface area contributed by atoms with Crippen LogP contribution in [0.25, 0.3) is 0 Å². The molecule has 0 heterocycles. The fourth-order valence-corrected chi connectivity index (χ4v) is 3.17. The van der Waals surface area contributed by atoms with Crippen molar-refractivity contribution < 1.29 is 0 Å². The Morgan fingerprint density at radius 2 is 1.71 bits per heavy atom. The smallest absolute Gasteiger partial charge is 0.00695 e. The van der Waals surface area contributed by atoms with Gasteiger partial charge in [0.15, 0.2) is 0 Å². The number of nitrogens with one attached hydrogen (secondary N) is 1. The summed E-state index contributed by atoms with van der Waals surface area (Å²) >= 11 is 0. The largest absolute Gasteiger partial charge is 0.311 e. The lowest BCUT2D eigenvalue weighted by Crippen LogP contribution is -2.40. The van der Waals surface area contributed by atoms with Crippen LogP contribution in [0.1, 0.15) is 85.0 Å². The molecule has 2 atom stereocenters. The van der Waals surface area contributed by atoms with Crippen molar-refractivity contribution in [1.29, 1.82) is 0 Å². The van der Waals surface area contributed by atoms with Crippen LogP contribution in [0, 0.1) is 5.92 Å². The van der Waals surface area contributed by atoms with Gasteiger partial charge in [0.05, 0.1) is 0 Å². The van der Waals surface area contributed by atoms with Crippen LogP contribution in [0.3, 0.4) is 0 Å². The maximum Gasteiger partial charge on any atom is 0.00695 e. The minimum atomic E-state index is 0.731. The summed E-state index contributed by atoms with van der Waals surface area (Å²) in [7, 11) is 0. The van der Waals surface area contributed by atoms with Crippen molar-refractivity contribution in [2.24, 2.45) is 5.92 Å². The third-order valence-electron chi connectivity index (χ3n) is 4.50. The summed E-state index contributed by atoms with van der Waals surface area (Å²) in [5, 5.41) is 3.90. The highest BCUT2D eigenvalue weighted by atomic mass is 14.9. The van der Waals surface area contributed by atoms with Gasteiger partial charge >= 0.3 is 0 Å². The van der Waals surface area contributed by atoms with Gasteiger partial charge in [-0.05, 0) is 38.5 Å². The summed E-state index contributed by atoms with van der Waals surface area (Å²) < 4.78 is 0. The quantitative estimate of drug-likeness (QED) is 0.623. The number of rotatable bonds is 7. The van der Waals surface area contributed by atoms with E-state index >= 15 is 0 Å². The van der Waals surface area contributed by atoms with Crippen LogP contribution in [0.5, 0.6) is 0 Å². The van der Waals surface area contributed by atoms with Crippen molar-refractivity contribution >= 4 is 0 Å². The SMILES string of the molecule is CCCCC(CC)N[C@H](C)C1CCCCCC1. The van der Waals surface area contributed by atoms with E-state index in [-0.39, 0.29) is 0 Å². The first kappa shape index (κ1) is 15.0. The Kier molecular flexibility index (Phi) is 7.92. The molecule has 1 aliphatic carbocycles. The van der Waals surface area contributed by atoms with E-state index in [1.54, 1.807) is 0 Å². The predicted octanol–water partition coefficient (Wildman–Crippen LogP) is 4.90. The first-order valence-corrected chi connectivity index (χ1v) is 8.04. The van der Waals surface area contributed by atoms with E-state index in [1.807, 2.05) is 0 Å². The number of hydrogen-bond donors (Lipinski definition) is 1. The van der Waals surface area contributed by atoms with E-state index < -0.39 is 0 Å². The molecule has 1 saturated carbocycles. The molecule has 0 aliphatic heterocycles. The predicted molar refractivity (Wildman–Crippen MR) is 77.4 cm³/mol. The Morgan fingerprint density at radius 1 is 1.06 bits per heavy atom. The molecule has 0 saturated heterocycles. The van der Waals surface area contributed by atoms with E-state index in [2.05, 4.69) is 26.1 Å². The van der Waals surface area contributed by atoms with Crippen LogP contribution in [-0.2, 0) is 0 Å². The van der Waals surface area contributed by atoms with E-state index in [1.165, 1.54) is 64.2 Å². The summed E-state index contributed by atoms with van der Waals surface area (Å²) in [4.78, 5) is 0. The molecular weight excluding hydrogens is 206 g/mol. The molecule has 0 aromatic rings. The Labute approximate surface area is 109 Å². The number of hydrogen-bond acceptors (Lipinski definition) is 1. The van der Waals surface area contributed by atoms with Gasteiger partial charge < -0.3 is 5.32 Å². The molecule has 1 rings (SSSR count). The highest BCUT2D eigenvalue weighted by Gasteiger charge is 2.20. The molecule has 0 amide bonds. The zero-order valence-electron chi connectivity index (χ0n) is 12.3. The summed E-state index contributed by atoms with van der Waals surface area (Å²) in [5.41, 5.74) is 0. The fraction of sp³-hybridized carbons (Fsp3) is 1.00. The lowest BCUT2D eigenvalue weighted by Gasteiger charge is -2.28. The van der Waals surface area contributed by atoms with Crippen molar-refractivity contribution in [1.82, 2.24) is 5.32 Å². The minimum Gasteiger partial charge on any atom is -0.311 e. The minimum absolute atomic E-state index is 0.731. The van der Waals surface area contributed by atoms with Gasteiger partial charge in [0.25, 0.3) is 0 Å². The normalized spacial score (nSPS) is 22.1. The Hall–Kier alpha value is -0.0400. The Bertz CT molecular complexity index is 170. The van der Waals surface area contributed by atoms with Crippen molar-refractivity contribution in [3.05, 3.63) is 0 Å². The molecular formula is C16H33N. The first-order chi connectivity index (χ1) is 8.27. The van der Waals surface area contributed by atoms with Gasteiger partial charge in [0.1, 0.15) is 0 Å². The Morgan fingerprint density at radius 3 is 2.24 bits per heavy atom. The lowest BCUT2D eigenvalue weighted by molar-refractivity contribution is 0.295. The van der Waals surface area contributed by atoms with Gasteiger partial charge in [0.2, 0.25) is 0 Å². The molecule has 17 heavy (non-hydrogen) atoms. The molecule has 0 radical (unpaired) electrons. The second-order valence-corrected chi connectivity index (χ2v) is 5.95. The highest BCUT2D eigenvalue weighted by Crippen LogP contribution is 2.26. The van der Waals surface area contributed by atoms with Crippen LogP contribution in [-0.4, -0.2) is 12.1 Å². The zero-order chi connectivity index (χ0) is 12.5. The molecule has 1 heteroatoms. The number of unbranched alkanes of at least 4 members (excludes halogenated alkanes) is 1. The molecule has 0 aromatic carbocycles. The van der Waals surface area contributed by atoms with Gasteiger partial charge in [-0.1, -0.05) is 52.4 Å². The summed E-state index contributed by atoms with van der Waals surface area (Å²) in [6, 6.07) is 1.49. The molecule has 0 aromatic heterocycles. The van der Waals surface area contributed by atoms with Gasteiger partial charge in [-0.3, -0.25) is 0 Å². The van der Waals surface area contributed by atoms with E-state index in [0.29, 0.717) is 0 Å². The molecule has 102 valence electrons. The average Bonchev–Trinajstić information content (AvgIpc) is 2.63. The van der Waals surface area contributed by atoms with Crippen molar-refractivity contribution in [3.8, 4) is 0 Å². The second kappa shape index (κ2) is 8.97. The third kappa shape index (κ3) is 5.90. The highest BCUT2D eigenvalue weighted by molar-refractivity contribution is 4.78. The molecule has 1 nitrogen and oxygen atoms in total. The van der Waals surface area contributed by atoms with E-state index in [4.69, 9.17) is 0 Å². The van der Waals surface area contributed by atoms with Crippen molar-refractivity contribution in [2.75, 3.05) is 0 Å².